The average Bonchev–Trinajstić information content (AvgIpc) is 3.03. The molecule has 3 rings (SSSR count). The third-order valence-corrected chi connectivity index (χ3v) is 6.03. The molecule has 1 aliphatic carbocycles. The van der Waals surface area contributed by atoms with Crippen molar-refractivity contribution in [2.75, 3.05) is 0 Å². The summed E-state index contributed by atoms with van der Waals surface area (Å²) in [6.07, 6.45) is 6.88. The largest absolute Gasteiger partial charge is 0.269 e. The lowest BCUT2D eigenvalue weighted by Crippen LogP contribution is -2.35. The van der Waals surface area contributed by atoms with Gasteiger partial charge in [-0.05, 0) is 65.5 Å². The highest BCUT2D eigenvalue weighted by Gasteiger charge is 2.48. The summed E-state index contributed by atoms with van der Waals surface area (Å²) in [4.78, 5) is 26.5. The number of nitrogens with zero attached hydrogens (tertiary/aromatic N) is 1. The van der Waals surface area contributed by atoms with Crippen LogP contribution in [0.4, 0.5) is 0 Å². The molecule has 3 nitrogen and oxygen atoms in total. The second-order valence-corrected chi connectivity index (χ2v) is 10.1. The zero-order valence-corrected chi connectivity index (χ0v) is 18.3. The maximum Gasteiger partial charge on any atom is 0.254 e. The highest BCUT2D eigenvalue weighted by molar-refractivity contribution is 6.13. The van der Waals surface area contributed by atoms with Crippen molar-refractivity contribution in [1.82, 2.24) is 4.90 Å². The summed E-state index contributed by atoms with van der Waals surface area (Å²) in [7, 11) is 0. The van der Waals surface area contributed by atoms with Crippen LogP contribution in [0, 0.1) is 17.8 Å². The third kappa shape index (κ3) is 3.94. The van der Waals surface area contributed by atoms with E-state index in [0.717, 1.165) is 25.7 Å². The van der Waals surface area contributed by atoms with Gasteiger partial charge in [0.15, 0.2) is 0 Å². The minimum absolute atomic E-state index is 0.0296. The summed E-state index contributed by atoms with van der Waals surface area (Å²) in [5.41, 5.74) is 3.89. The molecule has 1 heterocycles. The van der Waals surface area contributed by atoms with Crippen molar-refractivity contribution >= 4 is 11.8 Å². The normalized spacial score (nSPS) is 20.9. The van der Waals surface area contributed by atoms with E-state index in [1.54, 1.807) is 0 Å². The lowest BCUT2D eigenvalue weighted by molar-refractivity contribution is -0.139. The monoisotopic (exact) mass is 381 g/mol. The summed E-state index contributed by atoms with van der Waals surface area (Å²) >= 11 is 0. The lowest BCUT2D eigenvalue weighted by atomic mass is 9.70. The Labute approximate surface area is 170 Å². The van der Waals surface area contributed by atoms with Crippen LogP contribution in [0.5, 0.6) is 0 Å². The molecule has 0 unspecified atom stereocenters. The number of hydrogen-bond acceptors (Lipinski definition) is 2. The van der Waals surface area contributed by atoms with Crippen molar-refractivity contribution in [2.24, 2.45) is 17.8 Å². The van der Waals surface area contributed by atoms with Crippen LogP contribution in [0.3, 0.4) is 0 Å². The van der Waals surface area contributed by atoms with Crippen LogP contribution in [0.15, 0.2) is 30.4 Å². The van der Waals surface area contributed by atoms with Crippen molar-refractivity contribution in [2.45, 2.75) is 78.7 Å². The molecule has 28 heavy (non-hydrogen) atoms. The standard InChI is InChI=1S/C25H35NO2/c1-16(2)11-19-7-8-21-20(12-19)22(26-23(27)9-10-24(26)28)15-25(21,13-17(3)4)14-18(5)6/h7-10,12,16-18,22H,11,13-15H2,1-6H3/t22-/m0/s1. The van der Waals surface area contributed by atoms with E-state index in [0.29, 0.717) is 17.8 Å². The molecule has 1 atom stereocenters. The van der Waals surface area contributed by atoms with Gasteiger partial charge in [-0.3, -0.25) is 14.5 Å². The maximum atomic E-state index is 12.5. The van der Waals surface area contributed by atoms with Gasteiger partial charge in [0, 0.05) is 12.2 Å². The Balaban J connectivity index is 2.11. The fourth-order valence-corrected chi connectivity index (χ4v) is 5.54. The van der Waals surface area contributed by atoms with Gasteiger partial charge in [0.1, 0.15) is 0 Å². The van der Waals surface area contributed by atoms with E-state index in [1.165, 1.54) is 33.7 Å². The zero-order valence-electron chi connectivity index (χ0n) is 18.3. The van der Waals surface area contributed by atoms with E-state index >= 15 is 0 Å². The molecule has 0 saturated heterocycles. The van der Waals surface area contributed by atoms with Crippen molar-refractivity contribution in [1.29, 1.82) is 0 Å². The average molecular weight is 382 g/mol. The Kier molecular flexibility index (Phi) is 5.84. The molecule has 1 aliphatic heterocycles. The first kappa shape index (κ1) is 20.8. The molecule has 0 aromatic heterocycles. The van der Waals surface area contributed by atoms with E-state index in [4.69, 9.17) is 0 Å². The summed E-state index contributed by atoms with van der Waals surface area (Å²) in [6.45, 7) is 13.5. The lowest BCUT2D eigenvalue weighted by Gasteiger charge is -2.35. The molecule has 0 spiro atoms. The van der Waals surface area contributed by atoms with Gasteiger partial charge < -0.3 is 0 Å². The first-order chi connectivity index (χ1) is 13.1. The molecular weight excluding hydrogens is 346 g/mol. The van der Waals surface area contributed by atoms with Crippen LogP contribution in [-0.4, -0.2) is 16.7 Å². The predicted octanol–water partition coefficient (Wildman–Crippen LogP) is 5.58. The second-order valence-electron chi connectivity index (χ2n) is 10.1. The fourth-order valence-electron chi connectivity index (χ4n) is 5.54. The third-order valence-electron chi connectivity index (χ3n) is 6.03. The van der Waals surface area contributed by atoms with Gasteiger partial charge in [-0.15, -0.1) is 0 Å². The van der Waals surface area contributed by atoms with Gasteiger partial charge in [0.2, 0.25) is 0 Å². The molecular formula is C25H35NO2. The van der Waals surface area contributed by atoms with Crippen LogP contribution in [-0.2, 0) is 21.4 Å². The number of hydrogen-bond donors (Lipinski definition) is 0. The molecule has 2 amide bonds. The molecule has 1 aromatic carbocycles. The summed E-state index contributed by atoms with van der Waals surface area (Å²) in [5, 5.41) is 0. The molecule has 0 radical (unpaired) electrons. The second kappa shape index (κ2) is 7.85. The van der Waals surface area contributed by atoms with E-state index in [2.05, 4.69) is 59.7 Å². The molecule has 3 heteroatoms. The Morgan fingerprint density at radius 2 is 1.50 bits per heavy atom. The van der Waals surface area contributed by atoms with E-state index in [-0.39, 0.29) is 23.3 Å². The number of carbonyl (C=O) groups is 2. The van der Waals surface area contributed by atoms with Crippen LogP contribution < -0.4 is 0 Å². The topological polar surface area (TPSA) is 37.4 Å². The van der Waals surface area contributed by atoms with Gasteiger partial charge in [-0.25, -0.2) is 0 Å². The van der Waals surface area contributed by atoms with E-state index in [9.17, 15) is 9.59 Å². The Morgan fingerprint density at radius 1 is 0.929 bits per heavy atom. The maximum absolute atomic E-state index is 12.5. The fraction of sp³-hybridized carbons (Fsp3) is 0.600. The summed E-state index contributed by atoms with van der Waals surface area (Å²) in [5.74, 6) is 1.36. The van der Waals surface area contributed by atoms with E-state index in [1.807, 2.05) is 0 Å². The molecule has 152 valence electrons. The Bertz CT molecular complexity index is 760. The number of rotatable bonds is 7. The smallest absolute Gasteiger partial charge is 0.254 e. The van der Waals surface area contributed by atoms with Gasteiger partial charge in [-0.2, -0.15) is 0 Å². The van der Waals surface area contributed by atoms with E-state index < -0.39 is 0 Å². The van der Waals surface area contributed by atoms with Gasteiger partial charge in [0.25, 0.3) is 11.8 Å². The molecule has 0 bridgehead atoms. The molecule has 0 N–H and O–H groups in total. The highest BCUT2D eigenvalue weighted by atomic mass is 16.2. The van der Waals surface area contributed by atoms with Crippen molar-refractivity contribution < 1.29 is 9.59 Å². The zero-order chi connectivity index (χ0) is 20.6. The number of fused-ring (bicyclic) bond motifs is 1. The van der Waals surface area contributed by atoms with Crippen LogP contribution >= 0.6 is 0 Å². The Hall–Kier alpha value is -1.90. The molecule has 0 fully saturated rings. The first-order valence-corrected chi connectivity index (χ1v) is 10.8. The molecule has 1 aromatic rings. The minimum Gasteiger partial charge on any atom is -0.269 e. The Morgan fingerprint density at radius 3 is 2.00 bits per heavy atom. The highest BCUT2D eigenvalue weighted by Crippen LogP contribution is 2.54. The molecule has 2 aliphatic rings. The first-order valence-electron chi connectivity index (χ1n) is 10.8. The number of amides is 2. The minimum atomic E-state index is -0.167. The van der Waals surface area contributed by atoms with Crippen LogP contribution in [0.1, 0.15) is 83.5 Å². The predicted molar refractivity (Wildman–Crippen MR) is 114 cm³/mol. The van der Waals surface area contributed by atoms with Crippen LogP contribution in [0.2, 0.25) is 0 Å². The summed E-state index contributed by atoms with van der Waals surface area (Å²) in [6, 6.07) is 6.70. The number of carbonyl (C=O) groups excluding carboxylic acids is 2. The van der Waals surface area contributed by atoms with Gasteiger partial charge in [-0.1, -0.05) is 59.7 Å². The van der Waals surface area contributed by atoms with Crippen molar-refractivity contribution in [3.05, 3.63) is 47.0 Å². The van der Waals surface area contributed by atoms with Gasteiger partial charge >= 0.3 is 0 Å². The van der Waals surface area contributed by atoms with Gasteiger partial charge in [0.05, 0.1) is 6.04 Å². The van der Waals surface area contributed by atoms with Crippen molar-refractivity contribution in [3.8, 4) is 0 Å². The number of imide groups is 1. The SMILES string of the molecule is CC(C)Cc1ccc2c(c1)[C@@H](N1C(=O)C=CC1=O)CC2(CC(C)C)CC(C)C. The molecule has 0 saturated carbocycles. The van der Waals surface area contributed by atoms with Crippen LogP contribution in [0.25, 0.3) is 0 Å². The quantitative estimate of drug-likeness (QED) is 0.578. The van der Waals surface area contributed by atoms with Crippen molar-refractivity contribution in [3.63, 3.8) is 0 Å². The summed E-state index contributed by atoms with van der Waals surface area (Å²) < 4.78 is 0. The number of benzene rings is 1.